The molecule has 2 heterocycles. The van der Waals surface area contributed by atoms with Gasteiger partial charge in [0, 0.05) is 38.2 Å². The van der Waals surface area contributed by atoms with Gasteiger partial charge in [-0.05, 0) is 13.3 Å². The summed E-state index contributed by atoms with van der Waals surface area (Å²) in [4.78, 5) is 13.8. The fourth-order valence-corrected chi connectivity index (χ4v) is 2.32. The third kappa shape index (κ3) is 3.66. The van der Waals surface area contributed by atoms with Crippen molar-refractivity contribution in [2.45, 2.75) is 19.4 Å². The van der Waals surface area contributed by atoms with Gasteiger partial charge < -0.3 is 19.7 Å². The summed E-state index contributed by atoms with van der Waals surface area (Å²) in [5.41, 5.74) is 0. The van der Waals surface area contributed by atoms with E-state index in [1.54, 1.807) is 0 Å². The van der Waals surface area contributed by atoms with E-state index in [9.17, 15) is 4.79 Å². The van der Waals surface area contributed by atoms with Crippen LogP contribution in [-0.4, -0.2) is 62.9 Å². The molecular formula is C12H22N2O3. The third-order valence-electron chi connectivity index (χ3n) is 3.42. The molecule has 0 aromatic carbocycles. The van der Waals surface area contributed by atoms with Crippen molar-refractivity contribution in [3.63, 3.8) is 0 Å². The molecule has 2 saturated heterocycles. The van der Waals surface area contributed by atoms with Gasteiger partial charge in [0.2, 0.25) is 5.91 Å². The van der Waals surface area contributed by atoms with E-state index in [4.69, 9.17) is 9.47 Å². The predicted octanol–water partition coefficient (Wildman–Crippen LogP) is -0.140. The molecule has 0 aromatic rings. The van der Waals surface area contributed by atoms with Crippen molar-refractivity contribution in [1.82, 2.24) is 10.2 Å². The molecule has 0 aliphatic carbocycles. The number of amides is 1. The average Bonchev–Trinajstić information content (AvgIpc) is 2.82. The molecule has 2 aliphatic heterocycles. The molecule has 0 bridgehead atoms. The summed E-state index contributed by atoms with van der Waals surface area (Å²) in [5.74, 6) is 0.584. The van der Waals surface area contributed by atoms with Crippen LogP contribution in [0.15, 0.2) is 0 Å². The molecule has 2 fully saturated rings. The summed E-state index contributed by atoms with van der Waals surface area (Å²) in [6, 6.07) is 0.273. The number of piperazine rings is 1. The fourth-order valence-electron chi connectivity index (χ4n) is 2.32. The molecule has 0 spiro atoms. The Morgan fingerprint density at radius 3 is 3.18 bits per heavy atom. The number of ether oxygens (including phenoxy) is 2. The standard InChI is InChI=1S/C12H22N2O3/c1-10-6-13-3-4-14(10)12(15)9-17-8-11-2-5-16-7-11/h10-11,13H,2-9H2,1H3/t10-,11-/m0/s1. The lowest BCUT2D eigenvalue weighted by atomic mass is 10.1. The summed E-state index contributed by atoms with van der Waals surface area (Å²) in [5, 5.41) is 3.27. The highest BCUT2D eigenvalue weighted by Gasteiger charge is 2.23. The lowest BCUT2D eigenvalue weighted by Crippen LogP contribution is -2.53. The van der Waals surface area contributed by atoms with Crippen molar-refractivity contribution in [1.29, 1.82) is 0 Å². The van der Waals surface area contributed by atoms with Crippen molar-refractivity contribution in [2.24, 2.45) is 5.92 Å². The van der Waals surface area contributed by atoms with E-state index in [-0.39, 0.29) is 18.6 Å². The van der Waals surface area contributed by atoms with Crippen molar-refractivity contribution in [2.75, 3.05) is 46.1 Å². The van der Waals surface area contributed by atoms with Crippen LogP contribution in [0.4, 0.5) is 0 Å². The highest BCUT2D eigenvalue weighted by molar-refractivity contribution is 5.77. The van der Waals surface area contributed by atoms with Crippen LogP contribution in [0.3, 0.4) is 0 Å². The van der Waals surface area contributed by atoms with Gasteiger partial charge in [-0.3, -0.25) is 4.79 Å². The van der Waals surface area contributed by atoms with Crippen LogP contribution in [0, 0.1) is 5.92 Å². The van der Waals surface area contributed by atoms with Crippen molar-refractivity contribution >= 4 is 5.91 Å². The lowest BCUT2D eigenvalue weighted by Gasteiger charge is -2.33. The van der Waals surface area contributed by atoms with Crippen LogP contribution in [0.1, 0.15) is 13.3 Å². The van der Waals surface area contributed by atoms with Gasteiger partial charge in [0.15, 0.2) is 0 Å². The van der Waals surface area contributed by atoms with Gasteiger partial charge in [0.05, 0.1) is 13.2 Å². The number of nitrogens with zero attached hydrogens (tertiary/aromatic N) is 1. The molecule has 0 unspecified atom stereocenters. The first-order valence-corrected chi connectivity index (χ1v) is 6.43. The Hall–Kier alpha value is -0.650. The van der Waals surface area contributed by atoms with E-state index in [0.717, 1.165) is 39.3 Å². The SMILES string of the molecule is C[C@H]1CNCCN1C(=O)COC[C@H]1CCOC1. The van der Waals surface area contributed by atoms with Gasteiger partial charge in [-0.2, -0.15) is 0 Å². The maximum Gasteiger partial charge on any atom is 0.248 e. The van der Waals surface area contributed by atoms with E-state index in [2.05, 4.69) is 12.2 Å². The molecule has 0 aromatic heterocycles. The van der Waals surface area contributed by atoms with Gasteiger partial charge in [-0.1, -0.05) is 0 Å². The molecule has 0 radical (unpaired) electrons. The Morgan fingerprint density at radius 1 is 1.59 bits per heavy atom. The Bertz CT molecular complexity index is 254. The van der Waals surface area contributed by atoms with Crippen molar-refractivity contribution < 1.29 is 14.3 Å². The quantitative estimate of drug-likeness (QED) is 0.745. The van der Waals surface area contributed by atoms with E-state index >= 15 is 0 Å². The first-order chi connectivity index (χ1) is 8.27. The molecule has 98 valence electrons. The number of carbonyl (C=O) groups excluding carboxylic acids is 1. The monoisotopic (exact) mass is 242 g/mol. The Morgan fingerprint density at radius 2 is 2.47 bits per heavy atom. The summed E-state index contributed by atoms with van der Waals surface area (Å²) in [6.07, 6.45) is 1.05. The van der Waals surface area contributed by atoms with Gasteiger partial charge in [-0.25, -0.2) is 0 Å². The smallest absolute Gasteiger partial charge is 0.248 e. The Kier molecular flexibility index (Phi) is 4.76. The van der Waals surface area contributed by atoms with Gasteiger partial charge in [-0.15, -0.1) is 0 Å². The van der Waals surface area contributed by atoms with Crippen molar-refractivity contribution in [3.05, 3.63) is 0 Å². The molecule has 17 heavy (non-hydrogen) atoms. The summed E-state index contributed by atoms with van der Waals surface area (Å²) < 4.78 is 10.8. The van der Waals surface area contributed by atoms with Gasteiger partial charge in [0.1, 0.15) is 6.61 Å². The van der Waals surface area contributed by atoms with Crippen LogP contribution < -0.4 is 5.32 Å². The highest BCUT2D eigenvalue weighted by Crippen LogP contribution is 2.12. The minimum atomic E-state index is 0.109. The molecule has 2 rings (SSSR count). The van der Waals surface area contributed by atoms with Crippen LogP contribution in [0.5, 0.6) is 0 Å². The zero-order chi connectivity index (χ0) is 12.1. The minimum absolute atomic E-state index is 0.109. The van der Waals surface area contributed by atoms with Gasteiger partial charge in [0.25, 0.3) is 0 Å². The molecule has 5 nitrogen and oxygen atoms in total. The number of carbonyl (C=O) groups is 1. The molecule has 1 amide bonds. The van der Waals surface area contributed by atoms with E-state index in [1.807, 2.05) is 4.90 Å². The van der Waals surface area contributed by atoms with Crippen LogP contribution in [0.2, 0.25) is 0 Å². The second kappa shape index (κ2) is 6.33. The van der Waals surface area contributed by atoms with Crippen molar-refractivity contribution in [3.8, 4) is 0 Å². The van der Waals surface area contributed by atoms with E-state index in [0.29, 0.717) is 12.5 Å². The minimum Gasteiger partial charge on any atom is -0.381 e. The molecule has 2 aliphatic rings. The predicted molar refractivity (Wildman–Crippen MR) is 63.8 cm³/mol. The van der Waals surface area contributed by atoms with E-state index in [1.165, 1.54) is 0 Å². The summed E-state index contributed by atoms with van der Waals surface area (Å²) in [7, 11) is 0. The normalized spacial score (nSPS) is 29.6. The Labute approximate surface area is 102 Å². The fraction of sp³-hybridized carbons (Fsp3) is 0.917. The number of hydrogen-bond acceptors (Lipinski definition) is 4. The number of hydrogen-bond donors (Lipinski definition) is 1. The first kappa shape index (κ1) is 12.8. The molecule has 2 atom stereocenters. The molecule has 0 saturated carbocycles. The molecular weight excluding hydrogens is 220 g/mol. The third-order valence-corrected chi connectivity index (χ3v) is 3.42. The molecule has 5 heteroatoms. The lowest BCUT2D eigenvalue weighted by molar-refractivity contribution is -0.139. The summed E-state index contributed by atoms with van der Waals surface area (Å²) in [6.45, 7) is 7.07. The zero-order valence-electron chi connectivity index (χ0n) is 10.5. The molecule has 1 N–H and O–H groups in total. The highest BCUT2D eigenvalue weighted by atomic mass is 16.5. The first-order valence-electron chi connectivity index (χ1n) is 6.43. The maximum atomic E-state index is 11.9. The topological polar surface area (TPSA) is 50.8 Å². The largest absolute Gasteiger partial charge is 0.381 e. The van der Waals surface area contributed by atoms with Gasteiger partial charge >= 0.3 is 0 Å². The Balaban J connectivity index is 1.65. The summed E-state index contributed by atoms with van der Waals surface area (Å²) >= 11 is 0. The van der Waals surface area contributed by atoms with E-state index < -0.39 is 0 Å². The van der Waals surface area contributed by atoms with Crippen LogP contribution in [0.25, 0.3) is 0 Å². The zero-order valence-corrected chi connectivity index (χ0v) is 10.5. The van der Waals surface area contributed by atoms with Crippen LogP contribution >= 0.6 is 0 Å². The number of nitrogens with one attached hydrogen (secondary N) is 1. The number of rotatable bonds is 4. The maximum absolute atomic E-state index is 11.9. The van der Waals surface area contributed by atoms with Crippen LogP contribution in [-0.2, 0) is 14.3 Å². The second-order valence-electron chi connectivity index (χ2n) is 4.89. The second-order valence-corrected chi connectivity index (χ2v) is 4.89. The average molecular weight is 242 g/mol.